The molecule has 1 aromatic carbocycles. The summed E-state index contributed by atoms with van der Waals surface area (Å²) in [5, 5.41) is 9.47. The van der Waals surface area contributed by atoms with Gasteiger partial charge in [0.15, 0.2) is 0 Å². The van der Waals surface area contributed by atoms with Gasteiger partial charge in [-0.2, -0.15) is 0 Å². The lowest BCUT2D eigenvalue weighted by atomic mass is 10.0. The number of unbranched alkanes of at least 4 members (excludes halogenated alkanes) is 1. The van der Waals surface area contributed by atoms with Crippen molar-refractivity contribution in [2.45, 2.75) is 39.7 Å². The lowest BCUT2D eigenvalue weighted by Crippen LogP contribution is -1.99. The summed E-state index contributed by atoms with van der Waals surface area (Å²) in [4.78, 5) is 0. The highest BCUT2D eigenvalue weighted by Crippen LogP contribution is 2.22. The van der Waals surface area contributed by atoms with Gasteiger partial charge in [0.2, 0.25) is 0 Å². The van der Waals surface area contributed by atoms with E-state index in [1.165, 1.54) is 0 Å². The minimum atomic E-state index is -0.408. The Labute approximate surface area is 91.9 Å². The van der Waals surface area contributed by atoms with Gasteiger partial charge in [0.1, 0.15) is 5.75 Å². The second-order valence-electron chi connectivity index (χ2n) is 3.90. The van der Waals surface area contributed by atoms with Gasteiger partial charge in [-0.3, -0.25) is 0 Å². The Morgan fingerprint density at radius 3 is 2.67 bits per heavy atom. The highest BCUT2D eigenvalue weighted by atomic mass is 16.5. The number of aliphatic hydroxyl groups is 1. The smallest absolute Gasteiger partial charge is 0.119 e. The molecular formula is C13H20O2. The molecule has 0 aromatic heterocycles. The molecule has 0 saturated carbocycles. The van der Waals surface area contributed by atoms with Crippen molar-refractivity contribution >= 4 is 0 Å². The van der Waals surface area contributed by atoms with Crippen molar-refractivity contribution in [1.82, 2.24) is 0 Å². The first kappa shape index (κ1) is 12.1. The van der Waals surface area contributed by atoms with Crippen molar-refractivity contribution in [3.05, 3.63) is 29.3 Å². The van der Waals surface area contributed by atoms with E-state index in [9.17, 15) is 5.11 Å². The zero-order chi connectivity index (χ0) is 11.3. The van der Waals surface area contributed by atoms with Crippen molar-refractivity contribution in [2.75, 3.05) is 6.61 Å². The first-order valence-electron chi connectivity index (χ1n) is 5.56. The van der Waals surface area contributed by atoms with E-state index in [4.69, 9.17) is 4.74 Å². The van der Waals surface area contributed by atoms with Crippen LogP contribution in [0, 0.1) is 6.92 Å². The highest BCUT2D eigenvalue weighted by molar-refractivity contribution is 5.35. The van der Waals surface area contributed by atoms with Crippen molar-refractivity contribution in [2.24, 2.45) is 0 Å². The van der Waals surface area contributed by atoms with Crippen LogP contribution in [0.4, 0.5) is 0 Å². The van der Waals surface area contributed by atoms with Crippen LogP contribution < -0.4 is 4.74 Å². The molecule has 1 unspecified atom stereocenters. The summed E-state index contributed by atoms with van der Waals surface area (Å²) in [6.45, 7) is 6.68. The van der Waals surface area contributed by atoms with Crippen molar-refractivity contribution in [3.63, 3.8) is 0 Å². The van der Waals surface area contributed by atoms with Gasteiger partial charge in [-0.05, 0) is 43.5 Å². The molecular weight excluding hydrogens is 188 g/mol. The number of aryl methyl sites for hydroxylation is 1. The summed E-state index contributed by atoms with van der Waals surface area (Å²) in [5.41, 5.74) is 2.05. The van der Waals surface area contributed by atoms with Crippen molar-refractivity contribution in [1.29, 1.82) is 0 Å². The van der Waals surface area contributed by atoms with E-state index in [0.29, 0.717) is 0 Å². The van der Waals surface area contributed by atoms with E-state index < -0.39 is 6.10 Å². The SMILES string of the molecule is CCCCOc1ccc(C(C)O)c(C)c1. The molecule has 1 rings (SSSR count). The van der Waals surface area contributed by atoms with Crippen molar-refractivity contribution < 1.29 is 9.84 Å². The molecule has 0 aliphatic rings. The van der Waals surface area contributed by atoms with E-state index in [-0.39, 0.29) is 0 Å². The number of rotatable bonds is 5. The standard InChI is InChI=1S/C13H20O2/c1-4-5-8-15-12-6-7-13(11(3)14)10(2)9-12/h6-7,9,11,14H,4-5,8H2,1-3H3. The van der Waals surface area contributed by atoms with E-state index in [1.54, 1.807) is 6.92 Å². The molecule has 0 fully saturated rings. The van der Waals surface area contributed by atoms with Crippen LogP contribution in [-0.2, 0) is 0 Å². The molecule has 2 heteroatoms. The van der Waals surface area contributed by atoms with Crippen LogP contribution in [0.5, 0.6) is 5.75 Å². The lowest BCUT2D eigenvalue weighted by molar-refractivity contribution is 0.198. The lowest BCUT2D eigenvalue weighted by Gasteiger charge is -2.11. The van der Waals surface area contributed by atoms with Gasteiger partial charge >= 0.3 is 0 Å². The highest BCUT2D eigenvalue weighted by Gasteiger charge is 2.05. The molecule has 1 aromatic rings. The molecule has 0 spiro atoms. The van der Waals surface area contributed by atoms with E-state index >= 15 is 0 Å². The zero-order valence-corrected chi connectivity index (χ0v) is 9.79. The fraction of sp³-hybridized carbons (Fsp3) is 0.538. The first-order chi connectivity index (χ1) is 7.15. The molecule has 1 atom stereocenters. The van der Waals surface area contributed by atoms with Crippen LogP contribution in [0.15, 0.2) is 18.2 Å². The third kappa shape index (κ3) is 3.56. The van der Waals surface area contributed by atoms with Gasteiger partial charge in [-0.15, -0.1) is 0 Å². The molecule has 0 aliphatic heterocycles. The fourth-order valence-corrected chi connectivity index (χ4v) is 1.54. The van der Waals surface area contributed by atoms with Crippen molar-refractivity contribution in [3.8, 4) is 5.75 Å². The Balaban J connectivity index is 2.65. The predicted octanol–water partition coefficient (Wildman–Crippen LogP) is 3.23. The molecule has 15 heavy (non-hydrogen) atoms. The Morgan fingerprint density at radius 2 is 2.13 bits per heavy atom. The minimum Gasteiger partial charge on any atom is -0.494 e. The second-order valence-corrected chi connectivity index (χ2v) is 3.90. The minimum absolute atomic E-state index is 0.408. The summed E-state index contributed by atoms with van der Waals surface area (Å²) in [6, 6.07) is 5.84. The summed E-state index contributed by atoms with van der Waals surface area (Å²) >= 11 is 0. The summed E-state index contributed by atoms with van der Waals surface area (Å²) in [5.74, 6) is 0.894. The van der Waals surface area contributed by atoms with Crippen LogP contribution in [0.2, 0.25) is 0 Å². The van der Waals surface area contributed by atoms with E-state index in [0.717, 1.165) is 36.3 Å². The maximum absolute atomic E-state index is 9.47. The zero-order valence-electron chi connectivity index (χ0n) is 9.79. The van der Waals surface area contributed by atoms with E-state index in [2.05, 4.69) is 6.92 Å². The Kier molecular flexibility index (Phi) is 4.63. The molecule has 1 N–H and O–H groups in total. The molecule has 0 saturated heterocycles. The molecule has 0 radical (unpaired) electrons. The number of hydrogen-bond acceptors (Lipinski definition) is 2. The first-order valence-corrected chi connectivity index (χ1v) is 5.56. The maximum Gasteiger partial charge on any atom is 0.119 e. The average molecular weight is 208 g/mol. The van der Waals surface area contributed by atoms with Gasteiger partial charge in [0, 0.05) is 0 Å². The molecule has 84 valence electrons. The monoisotopic (exact) mass is 208 g/mol. The fourth-order valence-electron chi connectivity index (χ4n) is 1.54. The number of hydrogen-bond donors (Lipinski definition) is 1. The number of benzene rings is 1. The van der Waals surface area contributed by atoms with Gasteiger partial charge in [-0.25, -0.2) is 0 Å². The topological polar surface area (TPSA) is 29.5 Å². The van der Waals surface area contributed by atoms with Crippen LogP contribution in [0.1, 0.15) is 43.9 Å². The molecule has 0 heterocycles. The Morgan fingerprint density at radius 1 is 1.40 bits per heavy atom. The third-order valence-electron chi connectivity index (χ3n) is 2.46. The summed E-state index contributed by atoms with van der Waals surface area (Å²) < 4.78 is 5.58. The van der Waals surface area contributed by atoms with Gasteiger partial charge in [-0.1, -0.05) is 19.4 Å². The van der Waals surface area contributed by atoms with Gasteiger partial charge in [0.25, 0.3) is 0 Å². The molecule has 0 bridgehead atoms. The molecule has 0 amide bonds. The number of ether oxygens (including phenoxy) is 1. The van der Waals surface area contributed by atoms with Crippen LogP contribution in [-0.4, -0.2) is 11.7 Å². The molecule has 2 nitrogen and oxygen atoms in total. The van der Waals surface area contributed by atoms with Gasteiger partial charge in [0.05, 0.1) is 12.7 Å². The van der Waals surface area contributed by atoms with E-state index in [1.807, 2.05) is 25.1 Å². The molecule has 0 aliphatic carbocycles. The van der Waals surface area contributed by atoms with Crippen LogP contribution >= 0.6 is 0 Å². The quantitative estimate of drug-likeness (QED) is 0.753. The van der Waals surface area contributed by atoms with Crippen LogP contribution in [0.25, 0.3) is 0 Å². The summed E-state index contributed by atoms with van der Waals surface area (Å²) in [6.07, 6.45) is 1.82. The largest absolute Gasteiger partial charge is 0.494 e. The third-order valence-corrected chi connectivity index (χ3v) is 2.46. The Hall–Kier alpha value is -1.02. The van der Waals surface area contributed by atoms with Crippen LogP contribution in [0.3, 0.4) is 0 Å². The normalized spacial score (nSPS) is 12.5. The Bertz CT molecular complexity index is 305. The predicted molar refractivity (Wildman–Crippen MR) is 62.2 cm³/mol. The second kappa shape index (κ2) is 5.76. The summed E-state index contributed by atoms with van der Waals surface area (Å²) in [7, 11) is 0. The van der Waals surface area contributed by atoms with Gasteiger partial charge < -0.3 is 9.84 Å². The average Bonchev–Trinajstić information content (AvgIpc) is 2.17. The number of aliphatic hydroxyl groups excluding tert-OH is 1. The maximum atomic E-state index is 9.47.